The molecule has 72 valence electrons. The van der Waals surface area contributed by atoms with Gasteiger partial charge in [0.15, 0.2) is 0 Å². The van der Waals surface area contributed by atoms with Gasteiger partial charge in [-0.3, -0.25) is 0 Å². The lowest BCUT2D eigenvalue weighted by Crippen LogP contribution is -2.24. The van der Waals surface area contributed by atoms with Crippen LogP contribution in [0, 0.1) is 5.92 Å². The first-order valence-electron chi connectivity index (χ1n) is 4.61. The molecule has 1 fully saturated rings. The topological polar surface area (TPSA) is 49.7 Å². The summed E-state index contributed by atoms with van der Waals surface area (Å²) in [6.45, 7) is 0. The summed E-state index contributed by atoms with van der Waals surface area (Å²) >= 11 is 0. The molecule has 2 aliphatic carbocycles. The standard InChI is InChI=1S/C11H10O3/c12-9-8-5-4-6-2-1-3-7(6)10(8)14-11(9)13/h1-5,8-9,11-13H. The third kappa shape index (κ3) is 0.882. The van der Waals surface area contributed by atoms with Crippen molar-refractivity contribution in [2.75, 3.05) is 0 Å². The Morgan fingerprint density at radius 2 is 2.07 bits per heavy atom. The molecule has 3 unspecified atom stereocenters. The lowest BCUT2D eigenvalue weighted by molar-refractivity contribution is -0.0965. The van der Waals surface area contributed by atoms with Crippen LogP contribution in [-0.4, -0.2) is 22.6 Å². The SMILES string of the molecule is OC1OC2=C3C=CC=C3C=CC2C1O. The molecule has 3 nitrogen and oxygen atoms in total. The average molecular weight is 190 g/mol. The van der Waals surface area contributed by atoms with Crippen LogP contribution >= 0.6 is 0 Å². The molecule has 3 rings (SSSR count). The molecule has 0 aromatic rings. The summed E-state index contributed by atoms with van der Waals surface area (Å²) in [5.74, 6) is 0.493. The van der Waals surface area contributed by atoms with E-state index in [-0.39, 0.29) is 5.92 Å². The van der Waals surface area contributed by atoms with Gasteiger partial charge in [-0.15, -0.1) is 0 Å². The van der Waals surface area contributed by atoms with Gasteiger partial charge in [0.05, 0.1) is 5.92 Å². The van der Waals surface area contributed by atoms with Crippen LogP contribution in [0.5, 0.6) is 0 Å². The summed E-state index contributed by atoms with van der Waals surface area (Å²) in [7, 11) is 0. The molecule has 0 radical (unpaired) electrons. The first-order valence-corrected chi connectivity index (χ1v) is 4.61. The van der Waals surface area contributed by atoms with E-state index < -0.39 is 12.4 Å². The highest BCUT2D eigenvalue weighted by Crippen LogP contribution is 2.40. The number of ether oxygens (including phenoxy) is 1. The van der Waals surface area contributed by atoms with Crippen molar-refractivity contribution in [3.05, 3.63) is 47.3 Å². The second kappa shape index (κ2) is 2.59. The van der Waals surface area contributed by atoms with Crippen LogP contribution in [0.4, 0.5) is 0 Å². The predicted octanol–water partition coefficient (Wildman–Crippen LogP) is 0.632. The Kier molecular flexibility index (Phi) is 1.48. The Morgan fingerprint density at radius 3 is 2.93 bits per heavy atom. The molecule has 2 N–H and O–H groups in total. The van der Waals surface area contributed by atoms with E-state index in [9.17, 15) is 10.2 Å². The molecule has 14 heavy (non-hydrogen) atoms. The van der Waals surface area contributed by atoms with Crippen molar-refractivity contribution in [3.8, 4) is 0 Å². The van der Waals surface area contributed by atoms with E-state index in [0.717, 1.165) is 11.1 Å². The molecular formula is C11H10O3. The van der Waals surface area contributed by atoms with Gasteiger partial charge in [0.2, 0.25) is 6.29 Å². The van der Waals surface area contributed by atoms with Crippen molar-refractivity contribution in [1.29, 1.82) is 0 Å². The molecule has 1 saturated heterocycles. The normalized spacial score (nSPS) is 38.1. The van der Waals surface area contributed by atoms with Gasteiger partial charge < -0.3 is 14.9 Å². The maximum Gasteiger partial charge on any atom is 0.224 e. The van der Waals surface area contributed by atoms with Crippen molar-refractivity contribution in [2.24, 2.45) is 5.92 Å². The van der Waals surface area contributed by atoms with E-state index in [1.165, 1.54) is 0 Å². The Morgan fingerprint density at radius 1 is 1.21 bits per heavy atom. The zero-order valence-electron chi connectivity index (χ0n) is 7.42. The Hall–Kier alpha value is -1.32. The zero-order valence-corrected chi connectivity index (χ0v) is 7.42. The highest BCUT2D eigenvalue weighted by atomic mass is 16.6. The Bertz CT molecular complexity index is 401. The molecule has 1 aliphatic heterocycles. The van der Waals surface area contributed by atoms with Crippen molar-refractivity contribution in [3.63, 3.8) is 0 Å². The largest absolute Gasteiger partial charge is 0.465 e. The summed E-state index contributed by atoms with van der Waals surface area (Å²) in [4.78, 5) is 0. The molecule has 3 atom stereocenters. The van der Waals surface area contributed by atoms with Gasteiger partial charge in [-0.25, -0.2) is 0 Å². The summed E-state index contributed by atoms with van der Waals surface area (Å²) in [5.41, 5.74) is 2.06. The molecule has 3 heteroatoms. The Balaban J connectivity index is 2.11. The van der Waals surface area contributed by atoms with E-state index in [2.05, 4.69) is 0 Å². The van der Waals surface area contributed by atoms with Gasteiger partial charge in [-0.1, -0.05) is 30.4 Å². The second-order valence-electron chi connectivity index (χ2n) is 3.64. The van der Waals surface area contributed by atoms with Gasteiger partial charge in [0.25, 0.3) is 0 Å². The van der Waals surface area contributed by atoms with Gasteiger partial charge in [0.1, 0.15) is 11.9 Å². The van der Waals surface area contributed by atoms with E-state index in [4.69, 9.17) is 4.74 Å². The minimum absolute atomic E-state index is 0.195. The molecule has 0 amide bonds. The first kappa shape index (κ1) is 8.03. The first-order chi connectivity index (χ1) is 6.77. The van der Waals surface area contributed by atoms with Crippen LogP contribution in [0.3, 0.4) is 0 Å². The van der Waals surface area contributed by atoms with Crippen LogP contribution in [-0.2, 0) is 4.74 Å². The number of hydrogen-bond donors (Lipinski definition) is 2. The maximum absolute atomic E-state index is 9.61. The molecule has 0 bridgehead atoms. The number of aliphatic hydroxyl groups is 2. The van der Waals surface area contributed by atoms with Crippen LogP contribution in [0.15, 0.2) is 47.3 Å². The molecule has 3 aliphatic rings. The van der Waals surface area contributed by atoms with Crippen LogP contribution in [0.25, 0.3) is 0 Å². The quantitative estimate of drug-likeness (QED) is 0.589. The number of hydrogen-bond acceptors (Lipinski definition) is 3. The minimum Gasteiger partial charge on any atom is -0.465 e. The van der Waals surface area contributed by atoms with Crippen molar-refractivity contribution >= 4 is 0 Å². The summed E-state index contributed by atoms with van der Waals surface area (Å²) < 4.78 is 5.23. The lowest BCUT2D eigenvalue weighted by Gasteiger charge is -2.15. The fourth-order valence-corrected chi connectivity index (χ4v) is 2.07. The second-order valence-corrected chi connectivity index (χ2v) is 3.64. The zero-order chi connectivity index (χ0) is 9.71. The number of rotatable bonds is 0. The van der Waals surface area contributed by atoms with Crippen LogP contribution in [0.1, 0.15) is 0 Å². The van der Waals surface area contributed by atoms with Gasteiger partial charge >= 0.3 is 0 Å². The molecule has 0 spiro atoms. The molecule has 0 aromatic carbocycles. The highest BCUT2D eigenvalue weighted by molar-refractivity contribution is 5.58. The van der Waals surface area contributed by atoms with Gasteiger partial charge in [-0.05, 0) is 5.57 Å². The monoisotopic (exact) mass is 190 g/mol. The van der Waals surface area contributed by atoms with E-state index in [0.29, 0.717) is 5.76 Å². The smallest absolute Gasteiger partial charge is 0.224 e. The highest BCUT2D eigenvalue weighted by Gasteiger charge is 2.41. The lowest BCUT2D eigenvalue weighted by atomic mass is 9.91. The van der Waals surface area contributed by atoms with E-state index >= 15 is 0 Å². The molecule has 0 saturated carbocycles. The molecule has 0 aromatic heterocycles. The van der Waals surface area contributed by atoms with Crippen molar-refractivity contribution < 1.29 is 14.9 Å². The minimum atomic E-state index is -1.10. The summed E-state index contributed by atoms with van der Waals surface area (Å²) in [6, 6.07) is 0. The third-order valence-electron chi connectivity index (χ3n) is 2.81. The third-order valence-corrected chi connectivity index (χ3v) is 2.81. The maximum atomic E-state index is 9.61. The van der Waals surface area contributed by atoms with Crippen LogP contribution in [0.2, 0.25) is 0 Å². The van der Waals surface area contributed by atoms with Crippen LogP contribution < -0.4 is 0 Å². The number of fused-ring (bicyclic) bond motifs is 2. The summed E-state index contributed by atoms with van der Waals surface area (Å²) in [5, 5.41) is 19.0. The average Bonchev–Trinajstić information content (AvgIpc) is 2.73. The number of aliphatic hydroxyl groups excluding tert-OH is 2. The van der Waals surface area contributed by atoms with E-state index in [1.54, 1.807) is 0 Å². The van der Waals surface area contributed by atoms with Gasteiger partial charge in [-0.2, -0.15) is 0 Å². The van der Waals surface area contributed by atoms with E-state index in [1.807, 2.05) is 30.4 Å². The van der Waals surface area contributed by atoms with Gasteiger partial charge in [0, 0.05) is 5.57 Å². The molecular weight excluding hydrogens is 180 g/mol. The predicted molar refractivity (Wildman–Crippen MR) is 50.0 cm³/mol. The molecule has 1 heterocycles. The van der Waals surface area contributed by atoms with Crippen molar-refractivity contribution in [2.45, 2.75) is 12.4 Å². The van der Waals surface area contributed by atoms with Crippen molar-refractivity contribution in [1.82, 2.24) is 0 Å². The number of allylic oxidation sites excluding steroid dienone is 6. The fraction of sp³-hybridized carbons (Fsp3) is 0.273. The Labute approximate surface area is 81.3 Å². The fourth-order valence-electron chi connectivity index (χ4n) is 2.07. The summed E-state index contributed by atoms with van der Waals surface area (Å²) in [6.07, 6.45) is 7.74.